The summed E-state index contributed by atoms with van der Waals surface area (Å²) in [4.78, 5) is 20.9. The number of halogens is 2. The van der Waals surface area contributed by atoms with Crippen LogP contribution in [0.3, 0.4) is 0 Å². The molecule has 0 aromatic carbocycles. The monoisotopic (exact) mass is 448 g/mol. The third-order valence-electron chi connectivity index (χ3n) is 4.33. The fourth-order valence-corrected chi connectivity index (χ4v) is 3.54. The number of fused-ring (bicyclic) bond motifs is 1. The van der Waals surface area contributed by atoms with Crippen LogP contribution in [0.25, 0.3) is 11.2 Å². The van der Waals surface area contributed by atoms with E-state index in [0.29, 0.717) is 12.5 Å². The van der Waals surface area contributed by atoms with Crippen molar-refractivity contribution in [3.8, 4) is 0 Å². The van der Waals surface area contributed by atoms with E-state index < -0.39 is 8.07 Å². The van der Waals surface area contributed by atoms with Crippen molar-refractivity contribution in [1.82, 2.24) is 25.2 Å². The average Bonchev–Trinajstić information content (AvgIpc) is 3.20. The maximum atomic E-state index is 12.0. The Balaban J connectivity index is 0.00000196. The molecule has 3 heterocycles. The van der Waals surface area contributed by atoms with Crippen molar-refractivity contribution in [1.29, 1.82) is 0 Å². The lowest BCUT2D eigenvalue weighted by molar-refractivity contribution is 0.0899. The first-order valence-electron chi connectivity index (χ1n) is 9.09. The van der Waals surface area contributed by atoms with Gasteiger partial charge in [-0.15, -0.1) is 24.8 Å². The highest BCUT2D eigenvalue weighted by Crippen LogP contribution is 2.14. The Morgan fingerprint density at radius 1 is 1.39 bits per heavy atom. The zero-order valence-corrected chi connectivity index (χ0v) is 19.2. The molecule has 2 aromatic rings. The zero-order chi connectivity index (χ0) is 18.6. The van der Waals surface area contributed by atoms with E-state index in [9.17, 15) is 4.79 Å². The van der Waals surface area contributed by atoms with Gasteiger partial charge in [-0.3, -0.25) is 5.32 Å². The molecule has 0 aliphatic carbocycles. The van der Waals surface area contributed by atoms with Crippen LogP contribution in [0.1, 0.15) is 6.42 Å². The normalized spacial score (nSPS) is 16.3. The third kappa shape index (κ3) is 7.21. The number of hydrogen-bond acceptors (Lipinski definition) is 5. The molecule has 0 saturated carbocycles. The molecule has 0 bridgehead atoms. The van der Waals surface area contributed by atoms with E-state index in [1.807, 2.05) is 16.8 Å². The van der Waals surface area contributed by atoms with Crippen molar-refractivity contribution in [3.63, 3.8) is 0 Å². The lowest BCUT2D eigenvalue weighted by atomic mass is 10.3. The van der Waals surface area contributed by atoms with Crippen LogP contribution in [0.4, 0.5) is 10.6 Å². The van der Waals surface area contributed by atoms with Crippen molar-refractivity contribution >= 4 is 55.9 Å². The van der Waals surface area contributed by atoms with Gasteiger partial charge in [-0.25, -0.2) is 14.8 Å². The minimum Gasteiger partial charge on any atom is -0.361 e. The Morgan fingerprint density at radius 2 is 2.18 bits per heavy atom. The van der Waals surface area contributed by atoms with Gasteiger partial charge in [-0.2, -0.15) is 0 Å². The van der Waals surface area contributed by atoms with E-state index in [0.717, 1.165) is 43.3 Å². The molecule has 3 N–H and O–H groups in total. The number of anilines is 1. The molecule has 1 aliphatic heterocycles. The summed E-state index contributed by atoms with van der Waals surface area (Å²) in [6, 6.07) is 2.94. The first kappa shape index (κ1) is 24.6. The Bertz CT molecular complexity index is 762. The third-order valence-corrected chi connectivity index (χ3v) is 6.03. The maximum Gasteiger partial charge on any atom is 0.320 e. The van der Waals surface area contributed by atoms with Gasteiger partial charge in [0.1, 0.15) is 12.2 Å². The summed E-state index contributed by atoms with van der Waals surface area (Å²) in [5.41, 5.74) is 1.49. The van der Waals surface area contributed by atoms with E-state index >= 15 is 0 Å². The summed E-state index contributed by atoms with van der Waals surface area (Å²) < 4.78 is 7.71. The van der Waals surface area contributed by atoms with E-state index in [-0.39, 0.29) is 36.9 Å². The smallest absolute Gasteiger partial charge is 0.320 e. The highest BCUT2D eigenvalue weighted by atomic mass is 35.5. The van der Waals surface area contributed by atoms with E-state index in [1.165, 1.54) is 0 Å². The maximum absolute atomic E-state index is 12.0. The molecule has 1 saturated heterocycles. The fraction of sp³-hybridized carbons (Fsp3) is 0.588. The average molecular weight is 449 g/mol. The molecule has 1 aliphatic rings. The summed E-state index contributed by atoms with van der Waals surface area (Å²) in [5, 5.41) is 8.89. The van der Waals surface area contributed by atoms with Gasteiger partial charge in [-0.05, 0) is 25.1 Å². The molecule has 1 atom stereocenters. The van der Waals surface area contributed by atoms with Crippen LogP contribution in [-0.4, -0.2) is 54.4 Å². The molecule has 8 nitrogen and oxygen atoms in total. The number of amides is 2. The van der Waals surface area contributed by atoms with Gasteiger partial charge in [0, 0.05) is 33.5 Å². The molecule has 0 unspecified atom stereocenters. The standard InChI is InChI=1S/C17H28N6O2Si.2ClH/c1-26(2,3)9-8-25-12-23-7-5-14-16(23)19-11-15(21-14)22-17(24)20-13-4-6-18-10-13;;/h5,7,11,13,18H,4,6,8-10,12H2,1-3H3,(H2,20,21,22,24);2*1H/t13-;;/m0../s1. The highest BCUT2D eigenvalue weighted by molar-refractivity contribution is 6.76. The quantitative estimate of drug-likeness (QED) is 0.446. The van der Waals surface area contributed by atoms with Gasteiger partial charge < -0.3 is 19.9 Å². The lowest BCUT2D eigenvalue weighted by Gasteiger charge is -2.15. The van der Waals surface area contributed by atoms with E-state index in [4.69, 9.17) is 4.74 Å². The zero-order valence-electron chi connectivity index (χ0n) is 16.5. The molecular weight excluding hydrogens is 419 g/mol. The van der Waals surface area contributed by atoms with Crippen LogP contribution in [0.15, 0.2) is 18.5 Å². The SMILES string of the molecule is C[Si](C)(C)CCOCn1ccc2nc(NC(=O)N[C@H]3CCNC3)cnc21.Cl.Cl. The van der Waals surface area contributed by atoms with Gasteiger partial charge in [-0.1, -0.05) is 19.6 Å². The van der Waals surface area contributed by atoms with Crippen molar-refractivity contribution in [3.05, 3.63) is 18.5 Å². The molecule has 1 fully saturated rings. The van der Waals surface area contributed by atoms with Crippen molar-refractivity contribution in [2.75, 3.05) is 25.0 Å². The predicted molar refractivity (Wildman–Crippen MR) is 120 cm³/mol. The van der Waals surface area contributed by atoms with E-state index in [1.54, 1.807) is 6.20 Å². The highest BCUT2D eigenvalue weighted by Gasteiger charge is 2.17. The second kappa shape index (κ2) is 11.0. The van der Waals surface area contributed by atoms with Crippen LogP contribution in [0.5, 0.6) is 0 Å². The molecule has 2 aromatic heterocycles. The Morgan fingerprint density at radius 3 is 2.86 bits per heavy atom. The first-order valence-corrected chi connectivity index (χ1v) is 12.8. The summed E-state index contributed by atoms with van der Waals surface area (Å²) in [5.74, 6) is 0.443. The van der Waals surface area contributed by atoms with Crippen LogP contribution in [0.2, 0.25) is 25.7 Å². The second-order valence-electron chi connectivity index (χ2n) is 7.89. The van der Waals surface area contributed by atoms with Gasteiger partial charge in [0.15, 0.2) is 11.5 Å². The topological polar surface area (TPSA) is 93.1 Å². The number of carbonyl (C=O) groups is 1. The summed E-state index contributed by atoms with van der Waals surface area (Å²) in [6.07, 6.45) is 4.43. The van der Waals surface area contributed by atoms with Crippen molar-refractivity contribution in [2.45, 2.75) is 44.9 Å². The number of hydrogen-bond donors (Lipinski definition) is 3. The van der Waals surface area contributed by atoms with Gasteiger partial charge in [0.25, 0.3) is 0 Å². The number of nitrogens with one attached hydrogen (secondary N) is 3. The van der Waals surface area contributed by atoms with Gasteiger partial charge in [0.05, 0.1) is 6.20 Å². The lowest BCUT2D eigenvalue weighted by Crippen LogP contribution is -2.39. The molecular formula is C17H30Cl2N6O2Si. The molecule has 2 amide bonds. The van der Waals surface area contributed by atoms with Crippen LogP contribution < -0.4 is 16.0 Å². The van der Waals surface area contributed by atoms with Crippen molar-refractivity contribution < 1.29 is 9.53 Å². The number of aromatic nitrogens is 3. The molecule has 28 heavy (non-hydrogen) atoms. The molecule has 0 spiro atoms. The molecule has 3 rings (SSSR count). The van der Waals surface area contributed by atoms with Gasteiger partial charge >= 0.3 is 6.03 Å². The first-order chi connectivity index (χ1) is 12.4. The van der Waals surface area contributed by atoms with E-state index in [2.05, 4.69) is 45.6 Å². The van der Waals surface area contributed by atoms with Crippen molar-refractivity contribution in [2.24, 2.45) is 0 Å². The Labute approximate surface area is 179 Å². The number of urea groups is 1. The number of carbonyl (C=O) groups excluding carboxylic acids is 1. The largest absolute Gasteiger partial charge is 0.361 e. The number of nitrogens with zero attached hydrogens (tertiary/aromatic N) is 3. The molecule has 0 radical (unpaired) electrons. The minimum atomic E-state index is -1.08. The molecule has 158 valence electrons. The summed E-state index contributed by atoms with van der Waals surface area (Å²) >= 11 is 0. The summed E-state index contributed by atoms with van der Waals surface area (Å²) in [7, 11) is -1.08. The second-order valence-corrected chi connectivity index (χ2v) is 13.5. The minimum absolute atomic E-state index is 0. The number of ether oxygens (including phenoxy) is 1. The Kier molecular flexibility index (Phi) is 9.65. The van der Waals surface area contributed by atoms with Crippen LogP contribution in [0, 0.1) is 0 Å². The number of rotatable bonds is 7. The molecule has 11 heteroatoms. The van der Waals surface area contributed by atoms with Crippen LogP contribution in [-0.2, 0) is 11.5 Å². The summed E-state index contributed by atoms with van der Waals surface area (Å²) in [6.45, 7) is 9.97. The van der Waals surface area contributed by atoms with Gasteiger partial charge in [0.2, 0.25) is 0 Å². The predicted octanol–water partition coefficient (Wildman–Crippen LogP) is 3.07. The Hall–Kier alpha value is -1.39. The van der Waals surface area contributed by atoms with Crippen LogP contribution >= 0.6 is 24.8 Å². The fourth-order valence-electron chi connectivity index (χ4n) is 2.78.